The van der Waals surface area contributed by atoms with Crippen molar-refractivity contribution in [1.82, 2.24) is 9.97 Å². The third-order valence-electron chi connectivity index (χ3n) is 2.45. The van der Waals surface area contributed by atoms with Crippen LogP contribution in [0.3, 0.4) is 0 Å². The van der Waals surface area contributed by atoms with Crippen molar-refractivity contribution in [1.29, 1.82) is 0 Å². The second-order valence-corrected chi connectivity index (χ2v) is 4.06. The predicted octanol–water partition coefficient (Wildman–Crippen LogP) is 2.31. The van der Waals surface area contributed by atoms with E-state index in [0.717, 1.165) is 12.1 Å². The third kappa shape index (κ3) is 4.33. The number of benzene rings is 1. The number of hydrogen-bond donors (Lipinski definition) is 1. The largest absolute Gasteiger partial charge is 0.573 e. The molecule has 6 nitrogen and oxygen atoms in total. The first-order valence-corrected chi connectivity index (χ1v) is 5.93. The summed E-state index contributed by atoms with van der Waals surface area (Å²) in [5, 5.41) is 0. The number of ether oxygens (including phenoxy) is 2. The van der Waals surface area contributed by atoms with E-state index in [2.05, 4.69) is 14.7 Å². The standard InChI is InChI=1S/C13H10F3N3O3/c14-13(15,16)22-9-3-1-8(2-4-9)7-21-12(20)10-11(17)19-6-5-18-10/h1-6H,7H2,(H2,17,19). The molecule has 0 atom stereocenters. The summed E-state index contributed by atoms with van der Waals surface area (Å²) >= 11 is 0. The van der Waals surface area contributed by atoms with Crippen LogP contribution in [-0.4, -0.2) is 22.3 Å². The molecule has 0 aliphatic carbocycles. The zero-order valence-electron chi connectivity index (χ0n) is 11.0. The SMILES string of the molecule is Nc1nccnc1C(=O)OCc1ccc(OC(F)(F)F)cc1. The van der Waals surface area contributed by atoms with Crippen LogP contribution in [0, 0.1) is 0 Å². The minimum Gasteiger partial charge on any atom is -0.456 e. The van der Waals surface area contributed by atoms with Gasteiger partial charge in [0.05, 0.1) is 0 Å². The second-order valence-electron chi connectivity index (χ2n) is 4.06. The Hall–Kier alpha value is -2.84. The van der Waals surface area contributed by atoms with Crippen molar-refractivity contribution in [3.63, 3.8) is 0 Å². The normalized spacial score (nSPS) is 11.0. The summed E-state index contributed by atoms with van der Waals surface area (Å²) in [5.74, 6) is -1.21. The summed E-state index contributed by atoms with van der Waals surface area (Å²) in [4.78, 5) is 19.1. The van der Waals surface area contributed by atoms with Crippen molar-refractivity contribution in [2.24, 2.45) is 0 Å². The van der Waals surface area contributed by atoms with Crippen molar-refractivity contribution < 1.29 is 27.4 Å². The molecule has 1 aromatic carbocycles. The van der Waals surface area contributed by atoms with Crippen LogP contribution in [0.4, 0.5) is 19.0 Å². The molecule has 0 spiro atoms. The smallest absolute Gasteiger partial charge is 0.456 e. The van der Waals surface area contributed by atoms with Crippen LogP contribution in [0.2, 0.25) is 0 Å². The molecule has 0 aliphatic rings. The minimum absolute atomic E-state index is 0.0681. The lowest BCUT2D eigenvalue weighted by Crippen LogP contribution is -2.17. The van der Waals surface area contributed by atoms with Gasteiger partial charge < -0.3 is 15.2 Å². The average Bonchev–Trinajstić information content (AvgIpc) is 2.45. The van der Waals surface area contributed by atoms with Crippen LogP contribution in [0.15, 0.2) is 36.7 Å². The fourth-order valence-electron chi connectivity index (χ4n) is 1.51. The van der Waals surface area contributed by atoms with Gasteiger partial charge in [0, 0.05) is 12.4 Å². The van der Waals surface area contributed by atoms with Crippen LogP contribution in [0.5, 0.6) is 5.75 Å². The lowest BCUT2D eigenvalue weighted by atomic mass is 10.2. The Labute approximate surface area is 122 Å². The van der Waals surface area contributed by atoms with E-state index in [1.165, 1.54) is 24.5 Å². The number of carbonyl (C=O) groups is 1. The van der Waals surface area contributed by atoms with Crippen LogP contribution < -0.4 is 10.5 Å². The molecule has 0 unspecified atom stereocenters. The molecule has 2 aromatic rings. The Bertz CT molecular complexity index is 660. The summed E-state index contributed by atoms with van der Waals surface area (Å²) in [6.07, 6.45) is -2.14. The van der Waals surface area contributed by atoms with Gasteiger partial charge in [-0.1, -0.05) is 12.1 Å². The number of nitrogen functional groups attached to an aromatic ring is 1. The van der Waals surface area contributed by atoms with E-state index < -0.39 is 12.3 Å². The van der Waals surface area contributed by atoms with Crippen molar-refractivity contribution in [3.8, 4) is 5.75 Å². The highest BCUT2D eigenvalue weighted by molar-refractivity contribution is 5.91. The Morgan fingerprint density at radius 3 is 2.36 bits per heavy atom. The topological polar surface area (TPSA) is 87.3 Å². The number of aromatic nitrogens is 2. The van der Waals surface area contributed by atoms with E-state index >= 15 is 0 Å². The van der Waals surface area contributed by atoms with Crippen LogP contribution in [0.1, 0.15) is 16.1 Å². The monoisotopic (exact) mass is 313 g/mol. The molecule has 0 aliphatic heterocycles. The molecule has 2 rings (SSSR count). The average molecular weight is 313 g/mol. The maximum atomic E-state index is 12.0. The van der Waals surface area contributed by atoms with Gasteiger partial charge in [0.25, 0.3) is 0 Å². The van der Waals surface area contributed by atoms with Crippen molar-refractivity contribution in [3.05, 3.63) is 47.9 Å². The number of hydrogen-bond acceptors (Lipinski definition) is 6. The molecular weight excluding hydrogens is 303 g/mol. The number of alkyl halides is 3. The van der Waals surface area contributed by atoms with Gasteiger partial charge in [0.15, 0.2) is 11.5 Å². The molecule has 0 saturated heterocycles. The molecule has 1 heterocycles. The van der Waals surface area contributed by atoms with Crippen LogP contribution in [-0.2, 0) is 11.3 Å². The van der Waals surface area contributed by atoms with Crippen molar-refractivity contribution >= 4 is 11.8 Å². The van der Waals surface area contributed by atoms with E-state index in [-0.39, 0.29) is 23.9 Å². The fourth-order valence-corrected chi connectivity index (χ4v) is 1.51. The Morgan fingerprint density at radius 1 is 1.14 bits per heavy atom. The lowest BCUT2D eigenvalue weighted by Gasteiger charge is -2.09. The molecule has 22 heavy (non-hydrogen) atoms. The molecule has 116 valence electrons. The van der Waals surface area contributed by atoms with Gasteiger partial charge in [-0.05, 0) is 17.7 Å². The molecule has 9 heteroatoms. The van der Waals surface area contributed by atoms with E-state index in [1.54, 1.807) is 0 Å². The van der Waals surface area contributed by atoms with E-state index in [9.17, 15) is 18.0 Å². The minimum atomic E-state index is -4.75. The summed E-state index contributed by atoms with van der Waals surface area (Å²) < 4.78 is 44.7. The molecule has 0 fully saturated rings. The van der Waals surface area contributed by atoms with Gasteiger partial charge in [-0.25, -0.2) is 14.8 Å². The molecular formula is C13H10F3N3O3. The third-order valence-corrected chi connectivity index (χ3v) is 2.45. The Morgan fingerprint density at radius 2 is 1.77 bits per heavy atom. The van der Waals surface area contributed by atoms with Gasteiger partial charge >= 0.3 is 12.3 Å². The van der Waals surface area contributed by atoms with Gasteiger partial charge in [-0.3, -0.25) is 0 Å². The predicted molar refractivity (Wildman–Crippen MR) is 68.7 cm³/mol. The highest BCUT2D eigenvalue weighted by Crippen LogP contribution is 2.23. The zero-order valence-corrected chi connectivity index (χ0v) is 11.0. The molecule has 1 aromatic heterocycles. The number of halogens is 3. The molecule has 0 amide bonds. The van der Waals surface area contributed by atoms with Crippen molar-refractivity contribution in [2.45, 2.75) is 13.0 Å². The van der Waals surface area contributed by atoms with E-state index in [4.69, 9.17) is 10.5 Å². The number of carbonyl (C=O) groups excluding carboxylic acids is 1. The van der Waals surface area contributed by atoms with Gasteiger partial charge in [0.2, 0.25) is 0 Å². The maximum Gasteiger partial charge on any atom is 0.573 e. The second kappa shape index (κ2) is 6.29. The fraction of sp³-hybridized carbons (Fsp3) is 0.154. The summed E-state index contributed by atoms with van der Waals surface area (Å²) in [6, 6.07) is 4.92. The molecule has 2 N–H and O–H groups in total. The van der Waals surface area contributed by atoms with Crippen molar-refractivity contribution in [2.75, 3.05) is 5.73 Å². The first kappa shape index (κ1) is 15.5. The van der Waals surface area contributed by atoms with Gasteiger partial charge in [-0.15, -0.1) is 13.2 Å². The lowest BCUT2D eigenvalue weighted by molar-refractivity contribution is -0.274. The van der Waals surface area contributed by atoms with Crippen LogP contribution in [0.25, 0.3) is 0 Å². The number of esters is 1. The summed E-state index contributed by atoms with van der Waals surface area (Å²) in [5.41, 5.74) is 5.82. The first-order chi connectivity index (χ1) is 10.3. The number of nitrogens with two attached hydrogens (primary N) is 1. The van der Waals surface area contributed by atoms with Crippen LogP contribution >= 0.6 is 0 Å². The number of anilines is 1. The highest BCUT2D eigenvalue weighted by Gasteiger charge is 2.30. The quantitative estimate of drug-likeness (QED) is 0.872. The zero-order chi connectivity index (χ0) is 16.2. The summed E-state index contributed by atoms with van der Waals surface area (Å²) in [6.45, 7) is -0.152. The Balaban J connectivity index is 1.95. The number of nitrogens with zero attached hydrogens (tertiary/aromatic N) is 2. The Kier molecular flexibility index (Phi) is 4.44. The van der Waals surface area contributed by atoms with E-state index in [0.29, 0.717) is 5.56 Å². The molecule has 0 radical (unpaired) electrons. The number of rotatable bonds is 4. The maximum absolute atomic E-state index is 12.0. The first-order valence-electron chi connectivity index (χ1n) is 5.93. The van der Waals surface area contributed by atoms with E-state index in [1.807, 2.05) is 0 Å². The molecule has 0 bridgehead atoms. The van der Waals surface area contributed by atoms with Gasteiger partial charge in [-0.2, -0.15) is 0 Å². The highest BCUT2D eigenvalue weighted by atomic mass is 19.4. The van der Waals surface area contributed by atoms with Gasteiger partial charge in [0.1, 0.15) is 12.4 Å². The summed E-state index contributed by atoms with van der Waals surface area (Å²) in [7, 11) is 0. The molecule has 0 saturated carbocycles.